The van der Waals surface area contributed by atoms with Crippen LogP contribution in [0, 0.1) is 12.1 Å². The molecule has 18 heteroatoms. The smallest absolute Gasteiger partial charge is 0.511 e. The Bertz CT molecular complexity index is 1720. The highest BCUT2D eigenvalue weighted by Gasteiger charge is 2.42. The summed E-state index contributed by atoms with van der Waals surface area (Å²) in [6, 6.07) is 11.1. The van der Waals surface area contributed by atoms with Gasteiger partial charge in [-0.05, 0) is 58.0 Å². The van der Waals surface area contributed by atoms with E-state index in [1.807, 2.05) is 11.6 Å². The molecule has 1 amide bonds. The number of ether oxygens (including phenoxy) is 2. The molecule has 0 bridgehead atoms. The SMILES string of the molecule is Cc1ccc(-c2cc(C(F)(F)F)nn2-c2ccc(S(=O)(=O)NC(=O)[C@@H]3CCN3/[N+]([O-])=N/OC(C)OC(=O)OC(C)(C)C)cc2)cc1. The van der Waals surface area contributed by atoms with E-state index in [1.165, 1.54) is 19.1 Å². The van der Waals surface area contributed by atoms with E-state index in [0.29, 0.717) is 5.56 Å². The van der Waals surface area contributed by atoms with Crippen LogP contribution in [0.25, 0.3) is 16.9 Å². The fourth-order valence-corrected chi connectivity index (χ4v) is 5.11. The van der Waals surface area contributed by atoms with E-state index < -0.39 is 51.9 Å². The molecule has 46 heavy (non-hydrogen) atoms. The van der Waals surface area contributed by atoms with E-state index in [-0.39, 0.29) is 34.2 Å². The largest absolute Gasteiger partial charge is 0.569 e. The molecule has 3 aromatic rings. The summed E-state index contributed by atoms with van der Waals surface area (Å²) >= 11 is 0. The van der Waals surface area contributed by atoms with E-state index in [0.717, 1.165) is 33.5 Å². The summed E-state index contributed by atoms with van der Waals surface area (Å²) in [6.07, 6.45) is -6.99. The van der Waals surface area contributed by atoms with Crippen LogP contribution in [0.3, 0.4) is 0 Å². The van der Waals surface area contributed by atoms with Crippen molar-refractivity contribution in [1.82, 2.24) is 19.5 Å². The number of hydrazine groups is 1. The van der Waals surface area contributed by atoms with Crippen LogP contribution >= 0.6 is 0 Å². The van der Waals surface area contributed by atoms with Gasteiger partial charge < -0.3 is 14.7 Å². The van der Waals surface area contributed by atoms with Gasteiger partial charge in [0.2, 0.25) is 5.28 Å². The van der Waals surface area contributed by atoms with E-state index in [2.05, 4.69) is 10.4 Å². The molecule has 248 valence electrons. The molecule has 1 aromatic heterocycles. The highest BCUT2D eigenvalue weighted by atomic mass is 32.2. The number of halogens is 3. The minimum Gasteiger partial charge on any atom is -0.569 e. The van der Waals surface area contributed by atoms with Gasteiger partial charge in [-0.25, -0.2) is 22.6 Å². The van der Waals surface area contributed by atoms with Crippen LogP contribution < -0.4 is 4.72 Å². The van der Waals surface area contributed by atoms with E-state index in [1.54, 1.807) is 45.0 Å². The van der Waals surface area contributed by atoms with Crippen LogP contribution in [-0.2, 0) is 35.3 Å². The molecule has 1 fully saturated rings. The van der Waals surface area contributed by atoms with Crippen molar-refractivity contribution < 1.29 is 50.5 Å². The quantitative estimate of drug-likeness (QED) is 0.109. The lowest BCUT2D eigenvalue weighted by molar-refractivity contribution is -0.730. The third-order valence-corrected chi connectivity index (χ3v) is 7.77. The summed E-state index contributed by atoms with van der Waals surface area (Å²) < 4.78 is 79.2. The first-order chi connectivity index (χ1) is 21.3. The molecule has 2 heterocycles. The van der Waals surface area contributed by atoms with E-state index in [9.17, 15) is 36.4 Å². The van der Waals surface area contributed by atoms with Crippen molar-refractivity contribution in [2.75, 3.05) is 6.54 Å². The van der Waals surface area contributed by atoms with Gasteiger partial charge in [0.1, 0.15) is 5.60 Å². The molecular formula is C28H31F3N6O8S. The first-order valence-electron chi connectivity index (χ1n) is 13.8. The summed E-state index contributed by atoms with van der Waals surface area (Å²) in [6.45, 7) is 7.99. The summed E-state index contributed by atoms with van der Waals surface area (Å²) in [5.74, 6) is -1.03. The minimum atomic E-state index is -4.72. The van der Waals surface area contributed by atoms with Crippen molar-refractivity contribution in [3.8, 4) is 16.9 Å². The number of nitrogens with one attached hydrogen (secondary N) is 1. The van der Waals surface area contributed by atoms with Crippen molar-refractivity contribution in [1.29, 1.82) is 0 Å². The molecule has 0 radical (unpaired) electrons. The number of carbonyl (C=O) groups is 2. The number of aryl methyl sites for hydroxylation is 1. The molecule has 0 aliphatic carbocycles. The Morgan fingerprint density at radius 3 is 2.28 bits per heavy atom. The van der Waals surface area contributed by atoms with Gasteiger partial charge in [0.25, 0.3) is 22.2 Å². The van der Waals surface area contributed by atoms with E-state index >= 15 is 0 Å². The molecule has 1 saturated heterocycles. The second-order valence-electron chi connectivity index (χ2n) is 11.2. The zero-order valence-corrected chi connectivity index (χ0v) is 26.1. The number of alkyl halides is 3. The fourth-order valence-electron chi connectivity index (χ4n) is 4.10. The molecule has 0 spiro atoms. The predicted molar refractivity (Wildman–Crippen MR) is 153 cm³/mol. The zero-order valence-electron chi connectivity index (χ0n) is 25.3. The van der Waals surface area contributed by atoms with Crippen LogP contribution in [0.2, 0.25) is 0 Å². The molecule has 1 N–H and O–H groups in total. The lowest BCUT2D eigenvalue weighted by Gasteiger charge is -2.34. The predicted octanol–water partition coefficient (Wildman–Crippen LogP) is 4.85. The van der Waals surface area contributed by atoms with Crippen molar-refractivity contribution in [3.63, 3.8) is 0 Å². The number of aromatic nitrogens is 2. The Balaban J connectivity index is 1.44. The van der Waals surface area contributed by atoms with Crippen molar-refractivity contribution >= 4 is 22.1 Å². The van der Waals surface area contributed by atoms with Gasteiger partial charge in [-0.15, -0.1) is 5.01 Å². The minimum absolute atomic E-state index is 0.0393. The van der Waals surface area contributed by atoms with E-state index in [4.69, 9.17) is 14.3 Å². The van der Waals surface area contributed by atoms with Crippen LogP contribution in [0.5, 0.6) is 0 Å². The molecule has 4 rings (SSSR count). The Kier molecular flexibility index (Phi) is 9.51. The Labute approximate surface area is 261 Å². The number of rotatable bonds is 9. The topological polar surface area (TPSA) is 167 Å². The van der Waals surface area contributed by atoms with Gasteiger partial charge >= 0.3 is 12.3 Å². The Morgan fingerprint density at radius 2 is 1.74 bits per heavy atom. The molecule has 2 aromatic carbocycles. The second kappa shape index (κ2) is 12.9. The van der Waals surface area contributed by atoms with Crippen LogP contribution in [-0.4, -0.2) is 64.7 Å². The first-order valence-corrected chi connectivity index (χ1v) is 15.2. The second-order valence-corrected chi connectivity index (χ2v) is 12.9. The zero-order chi connectivity index (χ0) is 34.0. The molecule has 1 aliphatic rings. The highest BCUT2D eigenvalue weighted by Crippen LogP contribution is 2.33. The fraction of sp³-hybridized carbons (Fsp3) is 0.393. The number of amides is 1. The van der Waals surface area contributed by atoms with Crippen LogP contribution in [0.15, 0.2) is 64.8 Å². The maximum absolute atomic E-state index is 13.5. The van der Waals surface area contributed by atoms with Gasteiger partial charge in [0, 0.05) is 18.9 Å². The Hall–Kier alpha value is -4.87. The third kappa shape index (κ3) is 8.23. The van der Waals surface area contributed by atoms with Gasteiger partial charge in [-0.2, -0.15) is 18.3 Å². The maximum Gasteiger partial charge on any atom is 0.511 e. The van der Waals surface area contributed by atoms with Gasteiger partial charge in [0.05, 0.1) is 27.8 Å². The van der Waals surface area contributed by atoms with Crippen molar-refractivity contribution in [2.45, 2.75) is 70.0 Å². The third-order valence-electron chi connectivity index (χ3n) is 6.40. The molecular weight excluding hydrogens is 637 g/mol. The first kappa shape index (κ1) is 34.0. The van der Waals surface area contributed by atoms with Gasteiger partial charge in [-0.1, -0.05) is 29.8 Å². The van der Waals surface area contributed by atoms with Crippen molar-refractivity contribution in [3.05, 3.63) is 71.1 Å². The standard InChI is InChI=1S/C28H31F3N6O8S/c1-17-6-8-19(9-7-17)23-16-24(28(29,30)31)32-36(23)20-10-12-21(13-11-20)46(41,42)33-25(38)22-14-15-35(22)37(40)34-45-18(2)43-26(39)44-27(3,4)5/h6-13,16,18,22H,14-15H2,1-5H3,(H,33,38)/b37-34-/t18?,22-/m0/s1. The lowest BCUT2D eigenvalue weighted by atomic mass is 10.1. The molecule has 1 aliphatic heterocycles. The van der Waals surface area contributed by atoms with Crippen LogP contribution in [0.1, 0.15) is 45.4 Å². The molecule has 1 unspecified atom stereocenters. The van der Waals surface area contributed by atoms with Gasteiger partial charge in [-0.3, -0.25) is 9.63 Å². The number of sulfonamides is 1. The summed E-state index contributed by atoms with van der Waals surface area (Å²) in [7, 11) is -4.46. The summed E-state index contributed by atoms with van der Waals surface area (Å²) in [5, 5.41) is 20.1. The molecule has 2 atom stereocenters. The average molecular weight is 669 g/mol. The summed E-state index contributed by atoms with van der Waals surface area (Å²) in [5.41, 5.74) is -0.342. The average Bonchev–Trinajstić information content (AvgIpc) is 3.37. The molecule has 14 nitrogen and oxygen atoms in total. The summed E-state index contributed by atoms with van der Waals surface area (Å²) in [4.78, 5) is 28.8. The highest BCUT2D eigenvalue weighted by molar-refractivity contribution is 7.90. The number of carbonyl (C=O) groups excluding carboxylic acids is 2. The lowest BCUT2D eigenvalue weighted by Crippen LogP contribution is -2.59. The number of nitrogens with zero attached hydrogens (tertiary/aromatic N) is 5. The number of benzene rings is 2. The maximum atomic E-state index is 13.5. The number of hydrogen-bond donors (Lipinski definition) is 1. The Morgan fingerprint density at radius 1 is 1.11 bits per heavy atom. The van der Waals surface area contributed by atoms with Crippen LogP contribution in [0.4, 0.5) is 18.0 Å². The number of hydrogen-bond acceptors (Lipinski definition) is 10. The van der Waals surface area contributed by atoms with Gasteiger partial charge in [0.15, 0.2) is 11.7 Å². The molecule has 0 saturated carbocycles. The van der Waals surface area contributed by atoms with Crippen molar-refractivity contribution in [2.24, 2.45) is 5.28 Å². The monoisotopic (exact) mass is 668 g/mol. The normalized spacial score (nSPS) is 16.3.